The second kappa shape index (κ2) is 11.0. The number of carbonyl (C=O) groups is 1. The summed E-state index contributed by atoms with van der Waals surface area (Å²) in [6, 6.07) is 6.37. The van der Waals surface area contributed by atoms with Gasteiger partial charge in [0.05, 0.1) is 5.92 Å². The molecule has 0 bridgehead atoms. The van der Waals surface area contributed by atoms with Gasteiger partial charge in [-0.05, 0) is 75.1 Å². The van der Waals surface area contributed by atoms with Crippen LogP contribution in [0.3, 0.4) is 0 Å². The summed E-state index contributed by atoms with van der Waals surface area (Å²) in [6.45, 7) is 11.0. The lowest BCUT2D eigenvalue weighted by Crippen LogP contribution is -2.19. The summed E-state index contributed by atoms with van der Waals surface area (Å²) in [7, 11) is 0. The fourth-order valence-corrected chi connectivity index (χ4v) is 4.09. The fraction of sp³-hybridized carbons (Fsp3) is 0.393. The number of phenols is 1. The molecular weight excluding hydrogens is 384 g/mol. The molecule has 2 N–H and O–H groups in total. The van der Waals surface area contributed by atoms with E-state index >= 15 is 0 Å². The van der Waals surface area contributed by atoms with Crippen molar-refractivity contribution in [3.63, 3.8) is 0 Å². The lowest BCUT2D eigenvalue weighted by molar-refractivity contribution is -0.138. The standard InChI is InChI=1S/C28H36O3/c1-20(11-17-25(27(30)31)23-13-15-24(29)16-14-23)8-6-9-21(2)12-18-26-22(3)10-7-19-28(26,4)5/h6,8-9,11-16,18,25,29H,7,10,17,19H2,1-5H3,(H,30,31). The van der Waals surface area contributed by atoms with Crippen LogP contribution in [-0.4, -0.2) is 16.2 Å². The van der Waals surface area contributed by atoms with Gasteiger partial charge < -0.3 is 10.2 Å². The Balaban J connectivity index is 2.01. The zero-order valence-electron chi connectivity index (χ0n) is 19.5. The third kappa shape index (κ3) is 7.43. The molecule has 0 radical (unpaired) electrons. The van der Waals surface area contributed by atoms with E-state index in [0.717, 1.165) is 5.57 Å². The predicted octanol–water partition coefficient (Wildman–Crippen LogP) is 7.48. The SMILES string of the molecule is CC(C=CC1=C(C)CCCC1(C)C)=CC=CC(C)=CCC(C(=O)O)c1ccc(O)cc1. The number of benzene rings is 1. The van der Waals surface area contributed by atoms with Gasteiger partial charge in [0.25, 0.3) is 0 Å². The van der Waals surface area contributed by atoms with Gasteiger partial charge in [-0.1, -0.05) is 79.2 Å². The van der Waals surface area contributed by atoms with Crippen molar-refractivity contribution < 1.29 is 15.0 Å². The lowest BCUT2D eigenvalue weighted by Gasteiger charge is -2.32. The van der Waals surface area contributed by atoms with Gasteiger partial charge >= 0.3 is 5.97 Å². The first-order valence-corrected chi connectivity index (χ1v) is 11.0. The highest BCUT2D eigenvalue weighted by molar-refractivity contribution is 5.76. The molecule has 1 aliphatic rings. The summed E-state index contributed by atoms with van der Waals surface area (Å²) in [5.74, 6) is -1.35. The molecule has 1 atom stereocenters. The van der Waals surface area contributed by atoms with Crippen LogP contribution < -0.4 is 0 Å². The van der Waals surface area contributed by atoms with Gasteiger partial charge in [0.1, 0.15) is 5.75 Å². The molecule has 0 saturated heterocycles. The molecule has 0 saturated carbocycles. The number of hydrogen-bond donors (Lipinski definition) is 2. The van der Waals surface area contributed by atoms with Crippen molar-refractivity contribution in [3.8, 4) is 5.75 Å². The van der Waals surface area contributed by atoms with Crippen molar-refractivity contribution in [1.82, 2.24) is 0 Å². The zero-order chi connectivity index (χ0) is 23.0. The van der Waals surface area contributed by atoms with E-state index in [0.29, 0.717) is 12.0 Å². The highest BCUT2D eigenvalue weighted by atomic mass is 16.4. The molecule has 1 aromatic rings. The van der Waals surface area contributed by atoms with E-state index in [1.165, 1.54) is 48.1 Å². The van der Waals surface area contributed by atoms with E-state index in [1.54, 1.807) is 12.1 Å². The lowest BCUT2D eigenvalue weighted by atomic mass is 9.72. The first-order chi connectivity index (χ1) is 14.6. The topological polar surface area (TPSA) is 57.5 Å². The number of aromatic hydroxyl groups is 1. The molecule has 2 rings (SSSR count). The Bertz CT molecular complexity index is 922. The summed E-state index contributed by atoms with van der Waals surface area (Å²) in [6.07, 6.45) is 16.6. The van der Waals surface area contributed by atoms with Gasteiger partial charge in [-0.3, -0.25) is 4.79 Å². The number of phenolic OH excluding ortho intramolecular Hbond substituents is 1. The maximum absolute atomic E-state index is 11.6. The normalized spacial score (nSPS) is 18.7. The third-order valence-electron chi connectivity index (χ3n) is 6.04. The van der Waals surface area contributed by atoms with Crippen LogP contribution in [0.15, 0.2) is 83.0 Å². The second-order valence-corrected chi connectivity index (χ2v) is 9.20. The van der Waals surface area contributed by atoms with E-state index in [9.17, 15) is 15.0 Å². The van der Waals surface area contributed by atoms with E-state index in [2.05, 4.69) is 45.9 Å². The van der Waals surface area contributed by atoms with E-state index in [4.69, 9.17) is 0 Å². The molecule has 0 aromatic heterocycles. The second-order valence-electron chi connectivity index (χ2n) is 9.20. The predicted molar refractivity (Wildman–Crippen MR) is 129 cm³/mol. The molecule has 0 spiro atoms. The molecule has 1 unspecified atom stereocenters. The summed E-state index contributed by atoms with van der Waals surface area (Å²) in [4.78, 5) is 11.6. The van der Waals surface area contributed by atoms with Crippen molar-refractivity contribution in [2.75, 3.05) is 0 Å². The number of hydrogen-bond acceptors (Lipinski definition) is 2. The average Bonchev–Trinajstić information content (AvgIpc) is 2.68. The molecule has 3 nitrogen and oxygen atoms in total. The molecule has 1 aromatic carbocycles. The van der Waals surface area contributed by atoms with Crippen molar-refractivity contribution >= 4 is 5.97 Å². The van der Waals surface area contributed by atoms with E-state index in [1.807, 2.05) is 25.2 Å². The maximum atomic E-state index is 11.6. The molecule has 0 fully saturated rings. The molecule has 166 valence electrons. The largest absolute Gasteiger partial charge is 0.508 e. The quantitative estimate of drug-likeness (QED) is 0.429. The molecule has 0 aliphatic heterocycles. The number of allylic oxidation sites excluding steroid dienone is 10. The van der Waals surface area contributed by atoms with E-state index < -0.39 is 11.9 Å². The Morgan fingerprint density at radius 2 is 1.81 bits per heavy atom. The minimum Gasteiger partial charge on any atom is -0.508 e. The smallest absolute Gasteiger partial charge is 0.311 e. The Morgan fingerprint density at radius 3 is 2.42 bits per heavy atom. The van der Waals surface area contributed by atoms with Crippen molar-refractivity contribution in [3.05, 3.63) is 88.6 Å². The van der Waals surface area contributed by atoms with E-state index in [-0.39, 0.29) is 11.2 Å². The highest BCUT2D eigenvalue weighted by Crippen LogP contribution is 2.40. The highest BCUT2D eigenvalue weighted by Gasteiger charge is 2.26. The fourth-order valence-electron chi connectivity index (χ4n) is 4.09. The van der Waals surface area contributed by atoms with Crippen LogP contribution >= 0.6 is 0 Å². The first-order valence-electron chi connectivity index (χ1n) is 11.0. The molecule has 31 heavy (non-hydrogen) atoms. The van der Waals surface area contributed by atoms with Gasteiger partial charge in [-0.25, -0.2) is 0 Å². The number of rotatable bonds is 8. The van der Waals surface area contributed by atoms with Crippen LogP contribution in [0.1, 0.15) is 71.8 Å². The van der Waals surface area contributed by atoms with Crippen LogP contribution in [0, 0.1) is 5.41 Å². The summed E-state index contributed by atoms with van der Waals surface area (Å²) >= 11 is 0. The summed E-state index contributed by atoms with van der Waals surface area (Å²) in [5.41, 5.74) is 6.08. The summed E-state index contributed by atoms with van der Waals surface area (Å²) in [5, 5.41) is 19.0. The monoisotopic (exact) mass is 420 g/mol. The van der Waals surface area contributed by atoms with Crippen molar-refractivity contribution in [2.24, 2.45) is 5.41 Å². The van der Waals surface area contributed by atoms with Crippen molar-refractivity contribution in [2.45, 2.75) is 66.2 Å². The van der Waals surface area contributed by atoms with Gasteiger partial charge in [0.15, 0.2) is 0 Å². The zero-order valence-corrected chi connectivity index (χ0v) is 19.5. The molecular formula is C28H36O3. The minimum atomic E-state index is -0.866. The number of carboxylic acid groups (broad SMARTS) is 1. The molecule has 1 aliphatic carbocycles. The Labute approximate surface area is 187 Å². The molecule has 0 amide bonds. The van der Waals surface area contributed by atoms with Gasteiger partial charge in [-0.15, -0.1) is 0 Å². The Kier molecular flexibility index (Phi) is 8.67. The average molecular weight is 421 g/mol. The van der Waals surface area contributed by atoms with Crippen LogP contribution in [0.2, 0.25) is 0 Å². The van der Waals surface area contributed by atoms with Crippen molar-refractivity contribution in [1.29, 1.82) is 0 Å². The third-order valence-corrected chi connectivity index (χ3v) is 6.04. The van der Waals surface area contributed by atoms with Crippen LogP contribution in [-0.2, 0) is 4.79 Å². The maximum Gasteiger partial charge on any atom is 0.311 e. The van der Waals surface area contributed by atoms with Crippen LogP contribution in [0.4, 0.5) is 0 Å². The van der Waals surface area contributed by atoms with Crippen LogP contribution in [0.5, 0.6) is 5.75 Å². The van der Waals surface area contributed by atoms with Gasteiger partial charge in [0.2, 0.25) is 0 Å². The van der Waals surface area contributed by atoms with Gasteiger partial charge in [-0.2, -0.15) is 0 Å². The molecule has 0 heterocycles. The summed E-state index contributed by atoms with van der Waals surface area (Å²) < 4.78 is 0. The number of aliphatic carboxylic acids is 1. The van der Waals surface area contributed by atoms with Crippen LogP contribution in [0.25, 0.3) is 0 Å². The Morgan fingerprint density at radius 1 is 1.13 bits per heavy atom. The first kappa shape index (κ1) is 24.5. The molecule has 3 heteroatoms. The van der Waals surface area contributed by atoms with Gasteiger partial charge in [0, 0.05) is 0 Å². The number of carboxylic acids is 1. The Hall–Kier alpha value is -2.81. The minimum absolute atomic E-state index is 0.136.